The van der Waals surface area contributed by atoms with Crippen molar-refractivity contribution in [3.8, 4) is 0 Å². The molecule has 90 valence electrons. The van der Waals surface area contributed by atoms with E-state index in [-0.39, 0.29) is 6.04 Å². The molecule has 1 N–H and O–H groups in total. The van der Waals surface area contributed by atoms with E-state index in [2.05, 4.69) is 42.6 Å². The highest BCUT2D eigenvalue weighted by Gasteiger charge is 2.13. The third-order valence-electron chi connectivity index (χ3n) is 3.09. The van der Waals surface area contributed by atoms with Gasteiger partial charge in [0.15, 0.2) is 0 Å². The minimum absolute atomic E-state index is 0.207. The van der Waals surface area contributed by atoms with Crippen LogP contribution in [-0.4, -0.2) is 7.05 Å². The van der Waals surface area contributed by atoms with Gasteiger partial charge in [-0.15, -0.1) is 0 Å². The Bertz CT molecular complexity index is 470. The van der Waals surface area contributed by atoms with Crippen molar-refractivity contribution in [1.82, 2.24) is 5.32 Å². The predicted octanol–water partition coefficient (Wildman–Crippen LogP) is 3.46. The van der Waals surface area contributed by atoms with Crippen LogP contribution in [0.1, 0.15) is 35.4 Å². The van der Waals surface area contributed by atoms with Crippen molar-refractivity contribution >= 4 is 0 Å². The molecule has 1 aromatic carbocycles. The molecular weight excluding hydrogens is 210 g/mol. The summed E-state index contributed by atoms with van der Waals surface area (Å²) in [5.74, 6) is 0.949. The molecule has 0 aliphatic carbocycles. The summed E-state index contributed by atoms with van der Waals surface area (Å²) in [6.07, 6.45) is 2.90. The van der Waals surface area contributed by atoms with E-state index in [1.807, 2.05) is 20.2 Å². The highest BCUT2D eigenvalue weighted by Crippen LogP contribution is 2.23. The molecule has 0 aliphatic rings. The molecule has 0 spiro atoms. The molecule has 2 rings (SSSR count). The quantitative estimate of drug-likeness (QED) is 0.868. The zero-order valence-electron chi connectivity index (χ0n) is 10.7. The number of nitrogens with one attached hydrogen (secondary N) is 1. The number of rotatable bonds is 4. The average Bonchev–Trinajstić information content (AvgIpc) is 2.78. The summed E-state index contributed by atoms with van der Waals surface area (Å²) in [7, 11) is 1.97. The van der Waals surface area contributed by atoms with Crippen LogP contribution in [0.2, 0.25) is 0 Å². The summed E-state index contributed by atoms with van der Waals surface area (Å²) in [4.78, 5) is 0. The fourth-order valence-electron chi connectivity index (χ4n) is 2.09. The molecule has 2 nitrogen and oxygen atoms in total. The molecule has 1 aromatic heterocycles. The molecule has 17 heavy (non-hydrogen) atoms. The monoisotopic (exact) mass is 229 g/mol. The van der Waals surface area contributed by atoms with Crippen molar-refractivity contribution in [2.45, 2.75) is 26.3 Å². The Labute approximate surface area is 103 Å². The molecule has 0 saturated carbocycles. The van der Waals surface area contributed by atoms with Gasteiger partial charge in [0.25, 0.3) is 0 Å². The van der Waals surface area contributed by atoms with Crippen molar-refractivity contribution in [1.29, 1.82) is 0 Å². The number of benzene rings is 1. The lowest BCUT2D eigenvalue weighted by Crippen LogP contribution is -2.16. The van der Waals surface area contributed by atoms with E-state index in [0.29, 0.717) is 0 Å². The van der Waals surface area contributed by atoms with Gasteiger partial charge in [-0.1, -0.05) is 31.2 Å². The first-order chi connectivity index (χ1) is 8.24. The van der Waals surface area contributed by atoms with Crippen LogP contribution in [0.15, 0.2) is 41.0 Å². The second kappa shape index (κ2) is 5.19. The lowest BCUT2D eigenvalue weighted by atomic mass is 9.99. The standard InChI is InChI=1S/C15H19NO/c1-4-12-5-7-13(8-6-12)15(16-3)14-9-11(2)17-10-14/h5-10,15-16H,4H2,1-3H3. The Balaban J connectivity index is 2.28. The van der Waals surface area contributed by atoms with Gasteiger partial charge in [-0.05, 0) is 37.6 Å². The number of hydrogen-bond acceptors (Lipinski definition) is 2. The van der Waals surface area contributed by atoms with Gasteiger partial charge < -0.3 is 9.73 Å². The van der Waals surface area contributed by atoms with Crippen LogP contribution in [0.3, 0.4) is 0 Å². The summed E-state index contributed by atoms with van der Waals surface area (Å²) >= 11 is 0. The maximum Gasteiger partial charge on any atom is 0.101 e. The van der Waals surface area contributed by atoms with Gasteiger partial charge >= 0.3 is 0 Å². The zero-order valence-corrected chi connectivity index (χ0v) is 10.7. The summed E-state index contributed by atoms with van der Waals surface area (Å²) in [6, 6.07) is 11.0. The van der Waals surface area contributed by atoms with E-state index in [1.54, 1.807) is 0 Å². The van der Waals surface area contributed by atoms with E-state index in [1.165, 1.54) is 16.7 Å². The normalized spacial score (nSPS) is 12.6. The number of aryl methyl sites for hydroxylation is 2. The van der Waals surface area contributed by atoms with Crippen LogP contribution >= 0.6 is 0 Å². The summed E-state index contributed by atoms with van der Waals surface area (Å²) in [6.45, 7) is 4.14. The Kier molecular flexibility index (Phi) is 3.64. The fraction of sp³-hybridized carbons (Fsp3) is 0.333. The smallest absolute Gasteiger partial charge is 0.101 e. The van der Waals surface area contributed by atoms with Crippen molar-refractivity contribution < 1.29 is 4.42 Å². The third kappa shape index (κ3) is 2.59. The Morgan fingerprint density at radius 3 is 2.35 bits per heavy atom. The van der Waals surface area contributed by atoms with Crippen molar-refractivity contribution in [2.75, 3.05) is 7.05 Å². The first-order valence-electron chi connectivity index (χ1n) is 6.05. The van der Waals surface area contributed by atoms with Crippen LogP contribution in [0.25, 0.3) is 0 Å². The highest BCUT2D eigenvalue weighted by molar-refractivity contribution is 5.32. The molecule has 2 aromatic rings. The van der Waals surface area contributed by atoms with Crippen LogP contribution in [0, 0.1) is 6.92 Å². The van der Waals surface area contributed by atoms with Gasteiger partial charge in [-0.2, -0.15) is 0 Å². The molecule has 1 heterocycles. The molecule has 0 radical (unpaired) electrons. The molecule has 0 aliphatic heterocycles. The Morgan fingerprint density at radius 1 is 1.18 bits per heavy atom. The van der Waals surface area contributed by atoms with E-state index in [9.17, 15) is 0 Å². The maximum atomic E-state index is 5.37. The van der Waals surface area contributed by atoms with E-state index in [0.717, 1.165) is 12.2 Å². The second-order valence-electron chi connectivity index (χ2n) is 4.31. The van der Waals surface area contributed by atoms with Crippen molar-refractivity contribution in [2.24, 2.45) is 0 Å². The van der Waals surface area contributed by atoms with Crippen LogP contribution in [0.5, 0.6) is 0 Å². The van der Waals surface area contributed by atoms with Crippen LogP contribution in [-0.2, 0) is 6.42 Å². The maximum absolute atomic E-state index is 5.37. The lowest BCUT2D eigenvalue weighted by Gasteiger charge is -2.15. The molecule has 0 fully saturated rings. The Hall–Kier alpha value is -1.54. The second-order valence-corrected chi connectivity index (χ2v) is 4.31. The average molecular weight is 229 g/mol. The number of hydrogen-bond donors (Lipinski definition) is 1. The van der Waals surface area contributed by atoms with E-state index < -0.39 is 0 Å². The molecule has 1 unspecified atom stereocenters. The molecule has 0 amide bonds. The summed E-state index contributed by atoms with van der Waals surface area (Å²) < 4.78 is 5.37. The SMILES string of the molecule is CCc1ccc(C(NC)c2coc(C)c2)cc1. The highest BCUT2D eigenvalue weighted by atomic mass is 16.3. The van der Waals surface area contributed by atoms with Crippen molar-refractivity contribution in [3.63, 3.8) is 0 Å². The lowest BCUT2D eigenvalue weighted by molar-refractivity contribution is 0.528. The zero-order chi connectivity index (χ0) is 12.3. The predicted molar refractivity (Wildman–Crippen MR) is 70.2 cm³/mol. The first kappa shape index (κ1) is 11.9. The third-order valence-corrected chi connectivity index (χ3v) is 3.09. The van der Waals surface area contributed by atoms with Gasteiger partial charge in [0.05, 0.1) is 12.3 Å². The minimum Gasteiger partial charge on any atom is -0.469 e. The van der Waals surface area contributed by atoms with Gasteiger partial charge in [0.1, 0.15) is 5.76 Å². The fourth-order valence-corrected chi connectivity index (χ4v) is 2.09. The van der Waals surface area contributed by atoms with Gasteiger partial charge in [0, 0.05) is 5.56 Å². The summed E-state index contributed by atoms with van der Waals surface area (Å²) in [5, 5.41) is 3.33. The van der Waals surface area contributed by atoms with Crippen LogP contribution < -0.4 is 5.32 Å². The molecule has 2 heteroatoms. The van der Waals surface area contributed by atoms with E-state index >= 15 is 0 Å². The van der Waals surface area contributed by atoms with Gasteiger partial charge in [-0.3, -0.25) is 0 Å². The van der Waals surface area contributed by atoms with Crippen LogP contribution in [0.4, 0.5) is 0 Å². The Morgan fingerprint density at radius 2 is 1.88 bits per heavy atom. The topological polar surface area (TPSA) is 25.2 Å². The van der Waals surface area contributed by atoms with Gasteiger partial charge in [0.2, 0.25) is 0 Å². The molecule has 0 bridgehead atoms. The summed E-state index contributed by atoms with van der Waals surface area (Å²) in [5.41, 5.74) is 3.81. The minimum atomic E-state index is 0.207. The largest absolute Gasteiger partial charge is 0.469 e. The number of furan rings is 1. The molecule has 0 saturated heterocycles. The van der Waals surface area contributed by atoms with Crippen molar-refractivity contribution in [3.05, 3.63) is 59.0 Å². The molecule has 1 atom stereocenters. The molecular formula is C15H19NO. The first-order valence-corrected chi connectivity index (χ1v) is 6.05. The van der Waals surface area contributed by atoms with Gasteiger partial charge in [-0.25, -0.2) is 0 Å². The van der Waals surface area contributed by atoms with E-state index in [4.69, 9.17) is 4.42 Å².